The summed E-state index contributed by atoms with van der Waals surface area (Å²) in [5, 5.41) is 10.4. The van der Waals surface area contributed by atoms with Gasteiger partial charge in [0.25, 0.3) is 0 Å². The number of hydrogen-bond donors (Lipinski definition) is 1. The molecule has 0 aromatic heterocycles. The Morgan fingerprint density at radius 2 is 1.61 bits per heavy atom. The van der Waals surface area contributed by atoms with Gasteiger partial charge in [-0.25, -0.2) is 0 Å². The monoisotopic (exact) mass is 434 g/mol. The van der Waals surface area contributed by atoms with Gasteiger partial charge in [-0.3, -0.25) is 4.79 Å². The highest BCUT2D eigenvalue weighted by molar-refractivity contribution is 5.69. The van der Waals surface area contributed by atoms with Crippen molar-refractivity contribution in [2.75, 3.05) is 0 Å². The summed E-state index contributed by atoms with van der Waals surface area (Å²) in [6, 6.07) is 0. The Hall–Kier alpha value is -1.09. The van der Waals surface area contributed by atoms with Crippen LogP contribution in [0.5, 0.6) is 0 Å². The molecule has 1 fully saturated rings. The molecule has 1 N–H and O–H groups in total. The smallest absolute Gasteiger partial charge is 0.306 e. The zero-order valence-electron chi connectivity index (χ0n) is 20.9. The van der Waals surface area contributed by atoms with E-state index in [-0.39, 0.29) is 12.1 Å². The minimum absolute atomic E-state index is 0.0941. The summed E-state index contributed by atoms with van der Waals surface area (Å²) in [6.45, 7) is 8.55. The maximum Gasteiger partial charge on any atom is 0.306 e. The van der Waals surface area contributed by atoms with Crippen LogP contribution in [0, 0.1) is 11.8 Å². The third-order valence-electron chi connectivity index (χ3n) is 6.69. The quantitative estimate of drug-likeness (QED) is 0.152. The first kappa shape index (κ1) is 27.9. The fourth-order valence-electron chi connectivity index (χ4n) is 4.64. The van der Waals surface area contributed by atoms with Crippen molar-refractivity contribution in [1.82, 2.24) is 0 Å². The molecule has 3 atom stereocenters. The van der Waals surface area contributed by atoms with Gasteiger partial charge in [-0.05, 0) is 70.1 Å². The lowest BCUT2D eigenvalue weighted by molar-refractivity contribution is -0.168. The van der Waals surface area contributed by atoms with E-state index in [0.717, 1.165) is 38.5 Å². The third-order valence-corrected chi connectivity index (χ3v) is 6.69. The van der Waals surface area contributed by atoms with E-state index in [1.165, 1.54) is 44.9 Å². The number of aliphatic hydroxyl groups is 1. The van der Waals surface area contributed by atoms with Crippen LogP contribution in [0.1, 0.15) is 124 Å². The second-order valence-electron chi connectivity index (χ2n) is 10.1. The highest BCUT2D eigenvalue weighted by Gasteiger charge is 2.40. The van der Waals surface area contributed by atoms with E-state index in [4.69, 9.17) is 4.74 Å². The predicted octanol–water partition coefficient (Wildman–Crippen LogP) is 7.92. The molecule has 1 saturated carbocycles. The van der Waals surface area contributed by atoms with Crippen LogP contribution >= 0.6 is 0 Å². The van der Waals surface area contributed by atoms with Crippen molar-refractivity contribution in [3.05, 3.63) is 24.3 Å². The van der Waals surface area contributed by atoms with Gasteiger partial charge in [-0.2, -0.15) is 0 Å². The average Bonchev–Trinajstić information content (AvgIpc) is 2.70. The molecule has 1 aliphatic rings. The molecule has 0 aromatic carbocycles. The largest absolute Gasteiger partial charge is 0.459 e. The van der Waals surface area contributed by atoms with E-state index < -0.39 is 5.60 Å². The Kier molecular flexibility index (Phi) is 14.9. The number of esters is 1. The van der Waals surface area contributed by atoms with Crippen molar-refractivity contribution >= 4 is 5.97 Å². The van der Waals surface area contributed by atoms with Gasteiger partial charge in [0, 0.05) is 12.8 Å². The summed E-state index contributed by atoms with van der Waals surface area (Å²) >= 11 is 0. The molecule has 3 nitrogen and oxygen atoms in total. The van der Waals surface area contributed by atoms with Gasteiger partial charge < -0.3 is 9.84 Å². The molecule has 0 aliphatic heterocycles. The number of ether oxygens (including phenoxy) is 1. The molecule has 0 spiro atoms. The van der Waals surface area contributed by atoms with Gasteiger partial charge in [0.05, 0.1) is 6.10 Å². The fraction of sp³-hybridized carbons (Fsp3) is 0.821. The van der Waals surface area contributed by atoms with E-state index in [9.17, 15) is 9.90 Å². The van der Waals surface area contributed by atoms with Crippen molar-refractivity contribution in [1.29, 1.82) is 0 Å². The predicted molar refractivity (Wildman–Crippen MR) is 132 cm³/mol. The first-order valence-corrected chi connectivity index (χ1v) is 13.1. The SMILES string of the molecule is CCCCC/C=C\C/C=C\CCCCCCCC(=O)O[C@]1(C)CC[C@@H](C(C)C)[C@H](O)C1. The van der Waals surface area contributed by atoms with Crippen molar-refractivity contribution in [3.63, 3.8) is 0 Å². The summed E-state index contributed by atoms with van der Waals surface area (Å²) in [7, 11) is 0. The lowest BCUT2D eigenvalue weighted by atomic mass is 9.73. The summed E-state index contributed by atoms with van der Waals surface area (Å²) in [5.74, 6) is 0.708. The first-order chi connectivity index (χ1) is 14.9. The molecule has 31 heavy (non-hydrogen) atoms. The minimum Gasteiger partial charge on any atom is -0.459 e. The third kappa shape index (κ3) is 13.1. The van der Waals surface area contributed by atoms with Crippen molar-refractivity contribution in [2.24, 2.45) is 11.8 Å². The Balaban J connectivity index is 2.01. The van der Waals surface area contributed by atoms with Crippen LogP contribution in [0.15, 0.2) is 24.3 Å². The zero-order chi connectivity index (χ0) is 23.0. The van der Waals surface area contributed by atoms with E-state index in [1.807, 2.05) is 6.92 Å². The normalized spacial score (nSPS) is 24.5. The second kappa shape index (κ2) is 16.5. The van der Waals surface area contributed by atoms with Gasteiger partial charge in [0.1, 0.15) is 5.60 Å². The molecule has 0 radical (unpaired) electrons. The van der Waals surface area contributed by atoms with Gasteiger partial charge >= 0.3 is 5.97 Å². The van der Waals surface area contributed by atoms with Crippen LogP contribution in [0.3, 0.4) is 0 Å². The van der Waals surface area contributed by atoms with Crippen LogP contribution in [-0.4, -0.2) is 22.8 Å². The van der Waals surface area contributed by atoms with Crippen molar-refractivity contribution < 1.29 is 14.6 Å². The number of unbranched alkanes of at least 4 members (excludes halogenated alkanes) is 8. The average molecular weight is 435 g/mol. The van der Waals surface area contributed by atoms with Crippen LogP contribution in [0.2, 0.25) is 0 Å². The van der Waals surface area contributed by atoms with E-state index in [1.54, 1.807) is 0 Å². The number of carbonyl (C=O) groups is 1. The van der Waals surface area contributed by atoms with Crippen LogP contribution < -0.4 is 0 Å². The first-order valence-electron chi connectivity index (χ1n) is 13.1. The van der Waals surface area contributed by atoms with Gasteiger partial charge in [0.2, 0.25) is 0 Å². The molecule has 0 bridgehead atoms. The number of hydrogen-bond acceptors (Lipinski definition) is 3. The number of aliphatic hydroxyl groups excluding tert-OH is 1. The molecular weight excluding hydrogens is 384 g/mol. The molecular formula is C28H50O3. The summed E-state index contributed by atoms with van der Waals surface area (Å²) in [5.41, 5.74) is -0.487. The van der Waals surface area contributed by atoms with Gasteiger partial charge in [0.15, 0.2) is 0 Å². The van der Waals surface area contributed by atoms with Crippen LogP contribution in [0.4, 0.5) is 0 Å². The maximum atomic E-state index is 12.3. The number of rotatable bonds is 16. The molecule has 180 valence electrons. The Morgan fingerprint density at radius 1 is 1.00 bits per heavy atom. The molecule has 0 heterocycles. The van der Waals surface area contributed by atoms with Crippen molar-refractivity contribution in [3.8, 4) is 0 Å². The summed E-state index contributed by atoms with van der Waals surface area (Å²) in [6.07, 6.45) is 24.7. The van der Waals surface area contributed by atoms with Crippen LogP contribution in [-0.2, 0) is 9.53 Å². The summed E-state index contributed by atoms with van der Waals surface area (Å²) < 4.78 is 5.78. The molecule has 0 unspecified atom stereocenters. The molecule has 1 aliphatic carbocycles. The Labute approximate surface area is 192 Å². The molecule has 1 rings (SSSR count). The topological polar surface area (TPSA) is 46.5 Å². The van der Waals surface area contributed by atoms with Crippen LogP contribution in [0.25, 0.3) is 0 Å². The fourth-order valence-corrected chi connectivity index (χ4v) is 4.64. The lowest BCUT2D eigenvalue weighted by Gasteiger charge is -2.41. The molecule has 0 amide bonds. The standard InChI is InChI=1S/C28H50O3/c1-5-6-7-8-9-10-11-12-13-14-15-16-17-18-19-20-27(30)31-28(4)22-21-25(24(2)3)26(29)23-28/h9-10,12-13,24-26,29H,5-8,11,14-23H2,1-4H3/b10-9-,13-12-/t25-,26+,28+/m0/s1. The molecule has 0 aromatic rings. The summed E-state index contributed by atoms with van der Waals surface area (Å²) in [4.78, 5) is 12.3. The van der Waals surface area contributed by atoms with Gasteiger partial charge in [-0.15, -0.1) is 0 Å². The number of allylic oxidation sites excluding steroid dienone is 4. The van der Waals surface area contributed by atoms with E-state index >= 15 is 0 Å². The Bertz CT molecular complexity index is 522. The Morgan fingerprint density at radius 3 is 2.23 bits per heavy atom. The van der Waals surface area contributed by atoms with Gasteiger partial charge in [-0.1, -0.05) is 77.2 Å². The highest BCUT2D eigenvalue weighted by Crippen LogP contribution is 2.38. The minimum atomic E-state index is -0.487. The lowest BCUT2D eigenvalue weighted by Crippen LogP contribution is -2.44. The maximum absolute atomic E-state index is 12.3. The number of carbonyl (C=O) groups excluding carboxylic acids is 1. The zero-order valence-corrected chi connectivity index (χ0v) is 20.9. The van der Waals surface area contributed by atoms with Crippen molar-refractivity contribution in [2.45, 2.75) is 136 Å². The molecule has 0 saturated heterocycles. The molecule has 3 heteroatoms. The highest BCUT2D eigenvalue weighted by atomic mass is 16.6. The van der Waals surface area contributed by atoms with E-state index in [0.29, 0.717) is 24.7 Å². The van der Waals surface area contributed by atoms with E-state index in [2.05, 4.69) is 45.1 Å². The second-order valence-corrected chi connectivity index (χ2v) is 10.1.